The maximum atomic E-state index is 12.8. The van der Waals surface area contributed by atoms with E-state index in [1.807, 2.05) is 25.1 Å². The van der Waals surface area contributed by atoms with Gasteiger partial charge in [0.25, 0.3) is 12.4 Å². The highest BCUT2D eigenvalue weighted by molar-refractivity contribution is 7.13. The number of carbonyl (C=O) groups excluding carboxylic acids is 1. The average Bonchev–Trinajstić information content (AvgIpc) is 3.53. The van der Waals surface area contributed by atoms with Crippen molar-refractivity contribution >= 4 is 29.4 Å². The van der Waals surface area contributed by atoms with Crippen molar-refractivity contribution in [2.45, 2.75) is 13.5 Å². The monoisotopic (exact) mass is 455 g/mol. The van der Waals surface area contributed by atoms with Gasteiger partial charge in [0.2, 0.25) is 0 Å². The lowest BCUT2D eigenvalue weighted by Gasteiger charge is -2.03. The molecule has 0 atom stereocenters. The molecule has 0 aliphatic rings. The first-order valence-electron chi connectivity index (χ1n) is 9.40. The van der Waals surface area contributed by atoms with Crippen molar-refractivity contribution in [2.24, 2.45) is 0 Å². The molecule has 3 N–H and O–H groups in total. The van der Waals surface area contributed by atoms with E-state index in [9.17, 15) is 4.79 Å². The van der Waals surface area contributed by atoms with E-state index < -0.39 is 0 Å². The van der Waals surface area contributed by atoms with Gasteiger partial charge in [0.1, 0.15) is 16.4 Å². The minimum atomic E-state index is -0.308. The Morgan fingerprint density at radius 1 is 1.41 bits per heavy atom. The van der Waals surface area contributed by atoms with E-state index >= 15 is 0 Å². The fraction of sp³-hybridized carbons (Fsp3) is 0.200. The summed E-state index contributed by atoms with van der Waals surface area (Å²) in [6.45, 7) is 2.71. The van der Waals surface area contributed by atoms with Crippen LogP contribution in [0.1, 0.15) is 16.2 Å². The van der Waals surface area contributed by atoms with Crippen LogP contribution in [0.2, 0.25) is 0 Å². The van der Waals surface area contributed by atoms with E-state index in [0.29, 0.717) is 35.9 Å². The maximum Gasteiger partial charge on any atom is 0.290 e. The molecule has 4 heterocycles. The summed E-state index contributed by atoms with van der Waals surface area (Å²) < 4.78 is 6.85. The number of thiazole rings is 1. The third kappa shape index (κ3) is 5.42. The summed E-state index contributed by atoms with van der Waals surface area (Å²) in [6, 6.07) is 5.56. The molecule has 4 aromatic rings. The highest BCUT2D eigenvalue weighted by atomic mass is 32.1. The van der Waals surface area contributed by atoms with Crippen LogP contribution in [0.25, 0.3) is 22.0 Å². The minimum Gasteiger partial charge on any atom is -0.483 e. The van der Waals surface area contributed by atoms with Gasteiger partial charge in [-0.3, -0.25) is 24.4 Å². The first kappa shape index (κ1) is 22.8. The van der Waals surface area contributed by atoms with Gasteiger partial charge >= 0.3 is 0 Å². The van der Waals surface area contributed by atoms with E-state index in [1.54, 1.807) is 35.8 Å². The molecule has 11 nitrogen and oxygen atoms in total. The Bertz CT molecular complexity index is 1170. The molecule has 0 aliphatic carbocycles. The predicted octanol–water partition coefficient (Wildman–Crippen LogP) is 2.70. The number of anilines is 1. The van der Waals surface area contributed by atoms with Gasteiger partial charge in [-0.25, -0.2) is 4.98 Å². The van der Waals surface area contributed by atoms with Gasteiger partial charge in [0, 0.05) is 31.1 Å². The lowest BCUT2D eigenvalue weighted by Crippen LogP contribution is -2.12. The molecule has 0 saturated heterocycles. The fourth-order valence-electron chi connectivity index (χ4n) is 2.77. The van der Waals surface area contributed by atoms with Crippen molar-refractivity contribution in [3.05, 3.63) is 53.6 Å². The largest absolute Gasteiger partial charge is 0.483 e. The molecule has 0 aromatic carbocycles. The van der Waals surface area contributed by atoms with Crippen molar-refractivity contribution in [1.82, 2.24) is 29.9 Å². The average molecular weight is 456 g/mol. The number of aryl methyl sites for hydroxylation is 1. The van der Waals surface area contributed by atoms with Crippen LogP contribution in [0.15, 0.2) is 42.2 Å². The standard InChI is InChI=1S/C19H19N7O2S.CH2O2/c1-12-13(9-21-24-12)19-23-16(11-29-19)18(27)22-15-10-26(7-8-28-2)25-17(15)14-5-3-4-6-20-14;2-1-3/h3-6,9-11H,7-8H2,1-2H3,(H,21,24)(H,22,27);1H,(H,2,3). The van der Waals surface area contributed by atoms with E-state index in [1.165, 1.54) is 11.3 Å². The highest BCUT2D eigenvalue weighted by Gasteiger charge is 2.18. The summed E-state index contributed by atoms with van der Waals surface area (Å²) in [4.78, 5) is 30.0. The van der Waals surface area contributed by atoms with Crippen LogP contribution >= 0.6 is 11.3 Å². The zero-order valence-electron chi connectivity index (χ0n) is 17.3. The molecule has 0 aliphatic heterocycles. The topological polar surface area (TPSA) is 148 Å². The Balaban J connectivity index is 0.000000913. The van der Waals surface area contributed by atoms with Gasteiger partial charge in [-0.1, -0.05) is 6.07 Å². The van der Waals surface area contributed by atoms with Gasteiger partial charge in [0.15, 0.2) is 0 Å². The van der Waals surface area contributed by atoms with Gasteiger partial charge < -0.3 is 15.2 Å². The van der Waals surface area contributed by atoms with Crippen molar-refractivity contribution in [2.75, 3.05) is 19.0 Å². The quantitative estimate of drug-likeness (QED) is 0.360. The number of nitrogens with one attached hydrogen (secondary N) is 2. The Morgan fingerprint density at radius 2 is 2.22 bits per heavy atom. The molecule has 32 heavy (non-hydrogen) atoms. The van der Waals surface area contributed by atoms with Crippen molar-refractivity contribution in [3.8, 4) is 22.0 Å². The number of rotatable bonds is 7. The number of hydrogen-bond donors (Lipinski definition) is 3. The van der Waals surface area contributed by atoms with Crippen LogP contribution in [0, 0.1) is 6.92 Å². The SMILES string of the molecule is COCCn1cc(NC(=O)c2csc(-c3c[nH]nc3C)n2)c(-c2ccccn2)n1.O=CO. The summed E-state index contributed by atoms with van der Waals surface area (Å²) in [6.07, 6.45) is 5.23. The number of methoxy groups -OCH3 is 1. The number of aromatic amines is 1. The Kier molecular flexibility index (Phi) is 7.78. The number of carboxylic acid groups (broad SMARTS) is 1. The van der Waals surface area contributed by atoms with Gasteiger partial charge in [0.05, 0.1) is 35.8 Å². The molecule has 0 fully saturated rings. The number of hydrogen-bond acceptors (Lipinski definition) is 8. The predicted molar refractivity (Wildman–Crippen MR) is 118 cm³/mol. The molecule has 166 valence electrons. The Hall–Kier alpha value is -3.90. The van der Waals surface area contributed by atoms with E-state index in [4.69, 9.17) is 14.6 Å². The van der Waals surface area contributed by atoms with Crippen molar-refractivity contribution < 1.29 is 19.4 Å². The number of carbonyl (C=O) groups is 2. The smallest absolute Gasteiger partial charge is 0.290 e. The summed E-state index contributed by atoms with van der Waals surface area (Å²) in [5.41, 5.74) is 3.89. The van der Waals surface area contributed by atoms with Crippen LogP contribution in [-0.2, 0) is 16.1 Å². The molecular formula is C20H21N7O4S. The van der Waals surface area contributed by atoms with Crippen LogP contribution in [0.5, 0.6) is 0 Å². The fourth-order valence-corrected chi connectivity index (χ4v) is 3.63. The van der Waals surface area contributed by atoms with Gasteiger partial charge in [-0.15, -0.1) is 11.3 Å². The lowest BCUT2D eigenvalue weighted by molar-refractivity contribution is -0.122. The Labute approximate surface area is 187 Å². The normalized spacial score (nSPS) is 10.3. The van der Waals surface area contributed by atoms with E-state index in [-0.39, 0.29) is 12.4 Å². The molecule has 0 unspecified atom stereocenters. The van der Waals surface area contributed by atoms with E-state index in [2.05, 4.69) is 30.6 Å². The van der Waals surface area contributed by atoms with Crippen LogP contribution in [-0.4, -0.2) is 61.1 Å². The van der Waals surface area contributed by atoms with Crippen LogP contribution in [0.4, 0.5) is 5.69 Å². The third-order valence-electron chi connectivity index (χ3n) is 4.24. The molecule has 0 saturated carbocycles. The second-order valence-corrected chi connectivity index (χ2v) is 7.20. The van der Waals surface area contributed by atoms with Gasteiger partial charge in [-0.2, -0.15) is 10.2 Å². The molecule has 0 spiro atoms. The number of aromatic nitrogens is 6. The summed E-state index contributed by atoms with van der Waals surface area (Å²) in [7, 11) is 1.63. The molecule has 1 amide bonds. The van der Waals surface area contributed by atoms with Crippen molar-refractivity contribution in [1.29, 1.82) is 0 Å². The summed E-state index contributed by atoms with van der Waals surface area (Å²) in [5.74, 6) is -0.308. The van der Waals surface area contributed by atoms with Crippen LogP contribution < -0.4 is 5.32 Å². The molecule has 0 radical (unpaired) electrons. The van der Waals surface area contributed by atoms with Crippen molar-refractivity contribution in [3.63, 3.8) is 0 Å². The molecule has 4 aromatic heterocycles. The van der Waals surface area contributed by atoms with Crippen LogP contribution in [0.3, 0.4) is 0 Å². The molecule has 12 heteroatoms. The number of ether oxygens (including phenoxy) is 1. The highest BCUT2D eigenvalue weighted by Crippen LogP contribution is 2.28. The minimum absolute atomic E-state index is 0.250. The number of pyridine rings is 1. The van der Waals surface area contributed by atoms with Gasteiger partial charge in [-0.05, 0) is 19.1 Å². The number of amides is 1. The zero-order chi connectivity index (χ0) is 22.9. The maximum absolute atomic E-state index is 12.8. The summed E-state index contributed by atoms with van der Waals surface area (Å²) in [5, 5.41) is 23.7. The molecule has 0 bridgehead atoms. The first-order chi connectivity index (χ1) is 15.6. The lowest BCUT2D eigenvalue weighted by atomic mass is 10.2. The molecule has 4 rings (SSSR count). The first-order valence-corrected chi connectivity index (χ1v) is 10.3. The number of H-pyrrole nitrogens is 1. The number of nitrogens with zero attached hydrogens (tertiary/aromatic N) is 5. The Morgan fingerprint density at radius 3 is 2.88 bits per heavy atom. The molecular weight excluding hydrogens is 434 g/mol. The van der Waals surface area contributed by atoms with E-state index in [0.717, 1.165) is 16.3 Å². The summed E-state index contributed by atoms with van der Waals surface area (Å²) >= 11 is 1.40. The zero-order valence-corrected chi connectivity index (χ0v) is 18.2. The second kappa shape index (κ2) is 10.9. The second-order valence-electron chi connectivity index (χ2n) is 6.34. The third-order valence-corrected chi connectivity index (χ3v) is 5.12.